The fraction of sp³-hybridized carbons (Fsp3) is 0.571. The zero-order valence-electron chi connectivity index (χ0n) is 21.5. The number of piperidine rings is 1. The number of aromatic nitrogens is 1. The van der Waals surface area contributed by atoms with E-state index in [-0.39, 0.29) is 5.41 Å². The van der Waals surface area contributed by atoms with Gasteiger partial charge in [-0.25, -0.2) is 4.79 Å². The number of aliphatic carboxylic acids is 1. The number of fused-ring (bicyclic) bond motifs is 1. The van der Waals surface area contributed by atoms with Gasteiger partial charge in [-0.15, -0.1) is 0 Å². The number of carboxylic acids is 1. The molecule has 2 aliphatic rings. The Kier molecular flexibility index (Phi) is 6.76. The molecule has 0 spiro atoms. The van der Waals surface area contributed by atoms with Crippen molar-refractivity contribution >= 4 is 11.7 Å². The summed E-state index contributed by atoms with van der Waals surface area (Å²) >= 11 is 0. The summed E-state index contributed by atoms with van der Waals surface area (Å²) in [6.07, 6.45) is 3.95. The Morgan fingerprint density at radius 1 is 1.21 bits per heavy atom. The van der Waals surface area contributed by atoms with E-state index in [1.54, 1.807) is 0 Å². The van der Waals surface area contributed by atoms with Gasteiger partial charge in [0.25, 0.3) is 0 Å². The third-order valence-corrected chi connectivity index (χ3v) is 7.08. The van der Waals surface area contributed by atoms with Crippen LogP contribution in [0.5, 0.6) is 0 Å². The quantitative estimate of drug-likeness (QED) is 0.627. The highest BCUT2D eigenvalue weighted by Gasteiger charge is 2.35. The van der Waals surface area contributed by atoms with Gasteiger partial charge >= 0.3 is 5.97 Å². The van der Waals surface area contributed by atoms with Crippen LogP contribution in [0.3, 0.4) is 0 Å². The predicted molar refractivity (Wildman–Crippen MR) is 136 cm³/mol. The normalized spacial score (nSPS) is 18.9. The van der Waals surface area contributed by atoms with Crippen molar-refractivity contribution in [2.24, 2.45) is 5.41 Å². The smallest absolute Gasteiger partial charge is 0.337 e. The average molecular weight is 466 g/mol. The molecule has 1 saturated heterocycles. The van der Waals surface area contributed by atoms with Crippen LogP contribution in [0.15, 0.2) is 24.4 Å². The number of benzene rings is 1. The second-order valence-corrected chi connectivity index (χ2v) is 11.5. The summed E-state index contributed by atoms with van der Waals surface area (Å²) in [6, 6.07) is 6.61. The molecule has 3 heterocycles. The average Bonchev–Trinajstić information content (AvgIpc) is 2.76. The SMILES string of the molecule is Cc1ncc(-c2ccc3c(c2)CCNC3)c(N2CCC(C)(C)CC2)c1C(OC(C)(C)C)C(=O)O. The van der Waals surface area contributed by atoms with Gasteiger partial charge in [-0.05, 0) is 75.6 Å². The molecule has 1 fully saturated rings. The van der Waals surface area contributed by atoms with E-state index in [0.717, 1.165) is 62.3 Å². The number of pyridine rings is 1. The summed E-state index contributed by atoms with van der Waals surface area (Å²) in [5.74, 6) is -0.980. The first kappa shape index (κ1) is 24.7. The highest BCUT2D eigenvalue weighted by atomic mass is 16.5. The molecule has 6 heteroatoms. The number of anilines is 1. The fourth-order valence-electron chi connectivity index (χ4n) is 5.04. The second-order valence-electron chi connectivity index (χ2n) is 11.5. The Labute approximate surface area is 203 Å². The van der Waals surface area contributed by atoms with Gasteiger partial charge in [0.15, 0.2) is 6.10 Å². The second kappa shape index (κ2) is 9.31. The highest BCUT2D eigenvalue weighted by Crippen LogP contribution is 2.43. The summed E-state index contributed by atoms with van der Waals surface area (Å²) in [5.41, 5.74) is 6.80. The molecule has 2 aromatic rings. The van der Waals surface area contributed by atoms with Crippen LogP contribution in [0.2, 0.25) is 0 Å². The van der Waals surface area contributed by atoms with Crippen LogP contribution in [0.1, 0.15) is 75.9 Å². The standard InChI is InChI=1S/C28H39N3O3/c1-18-23(25(26(32)33)34-27(2,3)4)24(31-13-10-28(5,6)11-14-31)22(17-30-18)20-7-8-21-16-29-12-9-19(21)15-20/h7-8,15,17,25,29H,9-14,16H2,1-6H3,(H,32,33). The van der Waals surface area contributed by atoms with Crippen LogP contribution in [0.4, 0.5) is 5.69 Å². The molecule has 4 rings (SSSR count). The zero-order valence-corrected chi connectivity index (χ0v) is 21.5. The molecule has 0 bridgehead atoms. The maximum absolute atomic E-state index is 12.5. The summed E-state index contributed by atoms with van der Waals surface area (Å²) in [6.45, 7) is 15.8. The maximum Gasteiger partial charge on any atom is 0.337 e. The molecule has 0 aliphatic carbocycles. The van der Waals surface area contributed by atoms with E-state index in [4.69, 9.17) is 9.72 Å². The molecule has 0 radical (unpaired) electrons. The number of nitrogens with one attached hydrogen (secondary N) is 1. The number of hydrogen-bond acceptors (Lipinski definition) is 5. The van der Waals surface area contributed by atoms with Crippen LogP contribution in [0, 0.1) is 12.3 Å². The lowest BCUT2D eigenvalue weighted by atomic mass is 9.82. The summed E-state index contributed by atoms with van der Waals surface area (Å²) in [5, 5.41) is 13.7. The van der Waals surface area contributed by atoms with Gasteiger partial charge < -0.3 is 20.1 Å². The van der Waals surface area contributed by atoms with Gasteiger partial charge in [-0.2, -0.15) is 0 Å². The molecule has 1 unspecified atom stereocenters. The number of carboxylic acid groups (broad SMARTS) is 1. The molecular formula is C28H39N3O3. The molecule has 2 aliphatic heterocycles. The number of ether oxygens (including phenoxy) is 1. The van der Waals surface area contributed by atoms with Crippen LogP contribution in [0.25, 0.3) is 11.1 Å². The van der Waals surface area contributed by atoms with Gasteiger partial charge in [0.1, 0.15) is 0 Å². The number of rotatable bonds is 5. The first-order valence-electron chi connectivity index (χ1n) is 12.4. The van der Waals surface area contributed by atoms with Crippen LogP contribution >= 0.6 is 0 Å². The summed E-state index contributed by atoms with van der Waals surface area (Å²) in [4.78, 5) is 19.6. The molecule has 0 amide bonds. The van der Waals surface area contributed by atoms with Crippen molar-refractivity contribution in [2.45, 2.75) is 79.1 Å². The largest absolute Gasteiger partial charge is 0.479 e. The van der Waals surface area contributed by atoms with E-state index >= 15 is 0 Å². The molecule has 1 aromatic heterocycles. The van der Waals surface area contributed by atoms with Crippen molar-refractivity contribution in [1.82, 2.24) is 10.3 Å². The molecule has 6 nitrogen and oxygen atoms in total. The van der Waals surface area contributed by atoms with Gasteiger partial charge in [0.2, 0.25) is 0 Å². The number of aryl methyl sites for hydroxylation is 1. The highest BCUT2D eigenvalue weighted by molar-refractivity contribution is 5.86. The first-order valence-corrected chi connectivity index (χ1v) is 12.4. The van der Waals surface area contributed by atoms with Crippen molar-refractivity contribution < 1.29 is 14.6 Å². The first-order chi connectivity index (χ1) is 16.0. The van der Waals surface area contributed by atoms with Gasteiger partial charge in [-0.1, -0.05) is 32.0 Å². The lowest BCUT2D eigenvalue weighted by Gasteiger charge is -2.41. The Bertz CT molecular complexity index is 1060. The minimum absolute atomic E-state index is 0.284. The monoisotopic (exact) mass is 465 g/mol. The number of hydrogen-bond donors (Lipinski definition) is 2. The van der Waals surface area contributed by atoms with Crippen molar-refractivity contribution in [2.75, 3.05) is 24.5 Å². The Morgan fingerprint density at radius 3 is 2.56 bits per heavy atom. The molecule has 1 aromatic carbocycles. The third-order valence-electron chi connectivity index (χ3n) is 7.08. The lowest BCUT2D eigenvalue weighted by Crippen LogP contribution is -2.39. The molecular weight excluding hydrogens is 426 g/mol. The van der Waals surface area contributed by atoms with Crippen molar-refractivity contribution in [3.63, 3.8) is 0 Å². The topological polar surface area (TPSA) is 74.7 Å². The van der Waals surface area contributed by atoms with E-state index in [0.29, 0.717) is 11.3 Å². The fourth-order valence-corrected chi connectivity index (χ4v) is 5.04. The lowest BCUT2D eigenvalue weighted by molar-refractivity contribution is -0.160. The maximum atomic E-state index is 12.5. The van der Waals surface area contributed by atoms with Crippen LogP contribution in [-0.2, 0) is 22.5 Å². The predicted octanol–water partition coefficient (Wildman–Crippen LogP) is 5.27. The molecule has 2 N–H and O–H groups in total. The molecule has 0 saturated carbocycles. The number of carbonyl (C=O) groups is 1. The Morgan fingerprint density at radius 2 is 1.91 bits per heavy atom. The van der Waals surface area contributed by atoms with Gasteiger partial charge in [0.05, 0.1) is 11.3 Å². The van der Waals surface area contributed by atoms with Crippen molar-refractivity contribution in [1.29, 1.82) is 0 Å². The Hall–Kier alpha value is -2.44. The minimum atomic E-state index is -1.08. The van der Waals surface area contributed by atoms with Gasteiger partial charge in [0, 0.05) is 42.7 Å². The van der Waals surface area contributed by atoms with Crippen LogP contribution in [-0.4, -0.2) is 41.3 Å². The molecule has 184 valence electrons. The van der Waals surface area contributed by atoms with E-state index in [1.165, 1.54) is 11.1 Å². The Balaban J connectivity index is 1.90. The zero-order chi connectivity index (χ0) is 24.7. The summed E-state index contributed by atoms with van der Waals surface area (Å²) in [7, 11) is 0. The van der Waals surface area contributed by atoms with E-state index < -0.39 is 17.7 Å². The van der Waals surface area contributed by atoms with E-state index in [2.05, 4.69) is 42.3 Å². The third kappa shape index (κ3) is 5.28. The van der Waals surface area contributed by atoms with E-state index in [1.807, 2.05) is 33.9 Å². The van der Waals surface area contributed by atoms with Gasteiger partial charge in [-0.3, -0.25) is 4.98 Å². The van der Waals surface area contributed by atoms with E-state index in [9.17, 15) is 9.90 Å². The van der Waals surface area contributed by atoms with Crippen molar-refractivity contribution in [3.05, 3.63) is 46.8 Å². The van der Waals surface area contributed by atoms with Crippen molar-refractivity contribution in [3.8, 4) is 11.1 Å². The minimum Gasteiger partial charge on any atom is -0.479 e. The molecule has 1 atom stereocenters. The molecule has 34 heavy (non-hydrogen) atoms. The summed E-state index contributed by atoms with van der Waals surface area (Å²) < 4.78 is 6.15. The number of nitrogens with zero attached hydrogens (tertiary/aromatic N) is 2. The van der Waals surface area contributed by atoms with Crippen LogP contribution < -0.4 is 10.2 Å².